The largest absolute Gasteiger partial charge is 0.395 e. The van der Waals surface area contributed by atoms with Crippen LogP contribution >= 0.6 is 0 Å². The molecule has 0 saturated heterocycles. The molecule has 0 fully saturated rings. The molecule has 0 aliphatic heterocycles. The van der Waals surface area contributed by atoms with E-state index >= 15 is 0 Å². The number of hydrogen-bond donors (Lipinski definition) is 3. The molecule has 0 bridgehead atoms. The normalized spacial score (nSPS) is 9.64. The van der Waals surface area contributed by atoms with E-state index in [0.717, 1.165) is 0 Å². The molecule has 60 valence electrons. The Balaban J connectivity index is 3.32. The lowest BCUT2D eigenvalue weighted by Crippen LogP contribution is -2.23. The fourth-order valence-corrected chi connectivity index (χ4v) is 0.680. The van der Waals surface area contributed by atoms with Crippen molar-refractivity contribution in [1.82, 2.24) is 9.55 Å². The van der Waals surface area contributed by atoms with Crippen molar-refractivity contribution < 1.29 is 0 Å². The average Bonchev–Trinajstić information content (AvgIpc) is 1.97. The van der Waals surface area contributed by atoms with Gasteiger partial charge < -0.3 is 15.7 Å². The molecule has 0 aliphatic carbocycles. The maximum Gasteiger partial charge on any atom is 0.349 e. The SMILES string of the molecule is Cn1cc(N)c(NN)nc1=O. The van der Waals surface area contributed by atoms with Crippen molar-refractivity contribution in [3.8, 4) is 0 Å². The van der Waals surface area contributed by atoms with Crippen molar-refractivity contribution in [3.05, 3.63) is 16.7 Å². The van der Waals surface area contributed by atoms with Gasteiger partial charge in [0.25, 0.3) is 0 Å². The average molecular weight is 155 g/mol. The van der Waals surface area contributed by atoms with Crippen LogP contribution in [0.3, 0.4) is 0 Å². The van der Waals surface area contributed by atoms with E-state index in [0.29, 0.717) is 5.69 Å². The van der Waals surface area contributed by atoms with Gasteiger partial charge in [0.05, 0.1) is 5.69 Å². The molecule has 11 heavy (non-hydrogen) atoms. The molecule has 0 atom stereocenters. The Morgan fingerprint density at radius 1 is 1.73 bits per heavy atom. The van der Waals surface area contributed by atoms with Crippen LogP contribution in [0.5, 0.6) is 0 Å². The minimum Gasteiger partial charge on any atom is -0.395 e. The molecule has 5 N–H and O–H groups in total. The van der Waals surface area contributed by atoms with Crippen LogP contribution in [0, 0.1) is 0 Å². The number of nitrogen functional groups attached to an aromatic ring is 2. The smallest absolute Gasteiger partial charge is 0.349 e. The lowest BCUT2D eigenvalue weighted by molar-refractivity contribution is 0.814. The minimum atomic E-state index is -0.396. The number of nitrogens with one attached hydrogen (secondary N) is 1. The molecule has 0 spiro atoms. The summed E-state index contributed by atoms with van der Waals surface area (Å²) in [6.45, 7) is 0. The molecule has 1 aromatic rings. The number of aryl methyl sites for hydroxylation is 1. The highest BCUT2D eigenvalue weighted by Gasteiger charge is 2.00. The molecule has 0 radical (unpaired) electrons. The summed E-state index contributed by atoms with van der Waals surface area (Å²) < 4.78 is 1.27. The third kappa shape index (κ3) is 1.30. The van der Waals surface area contributed by atoms with Gasteiger partial charge in [-0.25, -0.2) is 10.6 Å². The van der Waals surface area contributed by atoms with Crippen molar-refractivity contribution in [1.29, 1.82) is 0 Å². The molecule has 6 nitrogen and oxygen atoms in total. The molecule has 0 saturated carbocycles. The van der Waals surface area contributed by atoms with E-state index in [1.165, 1.54) is 10.8 Å². The molecule has 1 heterocycles. The summed E-state index contributed by atoms with van der Waals surface area (Å²) >= 11 is 0. The van der Waals surface area contributed by atoms with E-state index in [-0.39, 0.29) is 5.82 Å². The molecule has 1 rings (SSSR count). The number of hydrazine groups is 1. The Morgan fingerprint density at radius 3 is 2.91 bits per heavy atom. The third-order valence-electron chi connectivity index (χ3n) is 1.25. The van der Waals surface area contributed by atoms with Gasteiger partial charge in [0.2, 0.25) is 0 Å². The number of rotatable bonds is 1. The summed E-state index contributed by atoms with van der Waals surface area (Å²) in [7, 11) is 1.56. The van der Waals surface area contributed by atoms with Crippen molar-refractivity contribution in [3.63, 3.8) is 0 Å². The second-order valence-electron chi connectivity index (χ2n) is 2.08. The highest BCUT2D eigenvalue weighted by atomic mass is 16.1. The van der Waals surface area contributed by atoms with Gasteiger partial charge in [0, 0.05) is 13.2 Å². The number of anilines is 2. The first-order valence-corrected chi connectivity index (χ1v) is 2.95. The fraction of sp³-hybridized carbons (Fsp3) is 0.200. The molecule has 1 aromatic heterocycles. The van der Waals surface area contributed by atoms with Crippen molar-refractivity contribution in [2.24, 2.45) is 12.9 Å². The van der Waals surface area contributed by atoms with Crippen LogP contribution in [0.2, 0.25) is 0 Å². The van der Waals surface area contributed by atoms with E-state index in [9.17, 15) is 4.79 Å². The summed E-state index contributed by atoms with van der Waals surface area (Å²) in [5.74, 6) is 5.23. The van der Waals surface area contributed by atoms with Crippen molar-refractivity contribution in [2.45, 2.75) is 0 Å². The van der Waals surface area contributed by atoms with Gasteiger partial charge in [0.15, 0.2) is 5.82 Å². The molecule has 0 amide bonds. The van der Waals surface area contributed by atoms with Gasteiger partial charge in [-0.15, -0.1) is 0 Å². The van der Waals surface area contributed by atoms with Crippen molar-refractivity contribution >= 4 is 11.5 Å². The first-order chi connectivity index (χ1) is 5.15. The Labute approximate surface area is 62.8 Å². The van der Waals surface area contributed by atoms with E-state index in [1.54, 1.807) is 7.05 Å². The molecule has 0 aromatic carbocycles. The summed E-state index contributed by atoms with van der Waals surface area (Å²) in [5.41, 5.74) is 7.60. The Bertz CT molecular complexity index is 317. The lowest BCUT2D eigenvalue weighted by Gasteiger charge is -2.03. The summed E-state index contributed by atoms with van der Waals surface area (Å²) in [5, 5.41) is 0. The molecule has 0 unspecified atom stereocenters. The number of hydrogen-bond acceptors (Lipinski definition) is 5. The van der Waals surface area contributed by atoms with Crippen LogP contribution in [-0.2, 0) is 7.05 Å². The summed E-state index contributed by atoms with van der Waals surface area (Å²) in [6, 6.07) is 0. The predicted octanol–water partition coefficient (Wildman–Crippen LogP) is -1.35. The summed E-state index contributed by atoms with van der Waals surface area (Å²) in [4.78, 5) is 14.4. The Morgan fingerprint density at radius 2 is 2.36 bits per heavy atom. The third-order valence-corrected chi connectivity index (χ3v) is 1.25. The number of aromatic nitrogens is 2. The van der Waals surface area contributed by atoms with Crippen LogP contribution in [-0.4, -0.2) is 9.55 Å². The number of nitrogens with zero attached hydrogens (tertiary/aromatic N) is 2. The lowest BCUT2D eigenvalue weighted by atomic mass is 10.5. The van der Waals surface area contributed by atoms with E-state index in [4.69, 9.17) is 11.6 Å². The maximum absolute atomic E-state index is 10.9. The Hall–Kier alpha value is -1.56. The quantitative estimate of drug-likeness (QED) is 0.344. The van der Waals surface area contributed by atoms with Crippen LogP contribution < -0.4 is 22.7 Å². The first-order valence-electron chi connectivity index (χ1n) is 2.95. The first kappa shape index (κ1) is 7.55. The Kier molecular flexibility index (Phi) is 1.77. The summed E-state index contributed by atoms with van der Waals surface area (Å²) in [6.07, 6.45) is 1.45. The zero-order valence-electron chi connectivity index (χ0n) is 6.03. The van der Waals surface area contributed by atoms with Gasteiger partial charge in [-0.2, -0.15) is 4.98 Å². The van der Waals surface area contributed by atoms with E-state index in [2.05, 4.69) is 10.4 Å². The monoisotopic (exact) mass is 155 g/mol. The zero-order chi connectivity index (χ0) is 8.43. The van der Waals surface area contributed by atoms with Gasteiger partial charge in [0.1, 0.15) is 0 Å². The van der Waals surface area contributed by atoms with E-state index < -0.39 is 5.69 Å². The highest BCUT2D eigenvalue weighted by Crippen LogP contribution is 2.07. The standard InChI is InChI=1S/C5H9N5O/c1-10-2-3(6)4(9-7)8-5(10)11/h2H,6-7H2,1H3,(H,8,9,11). The molecule has 0 aliphatic rings. The van der Waals surface area contributed by atoms with Crippen LogP contribution in [0.4, 0.5) is 11.5 Å². The zero-order valence-corrected chi connectivity index (χ0v) is 6.03. The topological polar surface area (TPSA) is 99.0 Å². The van der Waals surface area contributed by atoms with Crippen LogP contribution in [0.1, 0.15) is 0 Å². The van der Waals surface area contributed by atoms with E-state index in [1.807, 2.05) is 0 Å². The fourth-order valence-electron chi connectivity index (χ4n) is 0.680. The van der Waals surface area contributed by atoms with Gasteiger partial charge in [-0.1, -0.05) is 0 Å². The van der Waals surface area contributed by atoms with Crippen LogP contribution in [0.15, 0.2) is 11.0 Å². The minimum absolute atomic E-state index is 0.202. The van der Waals surface area contributed by atoms with Crippen molar-refractivity contribution in [2.75, 3.05) is 11.2 Å². The second-order valence-corrected chi connectivity index (χ2v) is 2.08. The predicted molar refractivity (Wildman–Crippen MR) is 41.7 cm³/mol. The number of nitrogens with two attached hydrogens (primary N) is 2. The van der Waals surface area contributed by atoms with Gasteiger partial charge in [-0.3, -0.25) is 0 Å². The highest BCUT2D eigenvalue weighted by molar-refractivity contribution is 5.58. The second kappa shape index (κ2) is 2.59. The molecular weight excluding hydrogens is 146 g/mol. The molecular formula is C5H9N5O. The molecule has 6 heteroatoms. The van der Waals surface area contributed by atoms with Crippen LogP contribution in [0.25, 0.3) is 0 Å². The van der Waals surface area contributed by atoms with Gasteiger partial charge in [-0.05, 0) is 0 Å². The maximum atomic E-state index is 10.9. The van der Waals surface area contributed by atoms with Gasteiger partial charge >= 0.3 is 5.69 Å².